The summed E-state index contributed by atoms with van der Waals surface area (Å²) in [7, 11) is 4.13. The highest BCUT2D eigenvalue weighted by atomic mass is 15.2. The van der Waals surface area contributed by atoms with Crippen LogP contribution in [0.15, 0.2) is 35.5 Å². The van der Waals surface area contributed by atoms with Gasteiger partial charge >= 0.3 is 0 Å². The van der Waals surface area contributed by atoms with Gasteiger partial charge in [0.1, 0.15) is 5.66 Å². The zero-order valence-electron chi connectivity index (χ0n) is 14.0. The molecule has 1 unspecified atom stereocenters. The highest BCUT2D eigenvalue weighted by Crippen LogP contribution is 2.18. The van der Waals surface area contributed by atoms with Crippen LogP contribution < -0.4 is 16.4 Å². The number of aliphatic imine (C=N–C) groups is 1. The van der Waals surface area contributed by atoms with Gasteiger partial charge in [0, 0.05) is 11.9 Å². The first-order chi connectivity index (χ1) is 10.4. The average Bonchev–Trinajstić information content (AvgIpc) is 2.42. The first kappa shape index (κ1) is 16.5. The van der Waals surface area contributed by atoms with Gasteiger partial charge in [0.05, 0.1) is 0 Å². The number of rotatable bonds is 5. The summed E-state index contributed by atoms with van der Waals surface area (Å²) in [6.45, 7) is 5.22. The molecule has 4 N–H and O–H groups in total. The summed E-state index contributed by atoms with van der Waals surface area (Å²) in [6.07, 6.45) is 5.62. The average molecular weight is 301 g/mol. The Morgan fingerprint density at radius 1 is 1.27 bits per heavy atom. The number of hydrogen-bond donors (Lipinski definition) is 3. The van der Waals surface area contributed by atoms with Crippen molar-refractivity contribution in [2.24, 2.45) is 10.7 Å². The van der Waals surface area contributed by atoms with E-state index in [-0.39, 0.29) is 0 Å². The number of benzene rings is 1. The molecule has 5 heteroatoms. The van der Waals surface area contributed by atoms with Crippen molar-refractivity contribution in [3.63, 3.8) is 0 Å². The minimum atomic E-state index is -0.636. The minimum Gasteiger partial charge on any atom is -0.333 e. The van der Waals surface area contributed by atoms with E-state index in [1.165, 1.54) is 11.1 Å². The molecule has 0 spiro atoms. The molecule has 1 atom stereocenters. The fraction of sp³-hybridized carbons (Fsp3) is 0.471. The summed E-state index contributed by atoms with van der Waals surface area (Å²) in [6, 6.07) is 6.26. The van der Waals surface area contributed by atoms with Crippen molar-refractivity contribution in [3.05, 3.63) is 41.6 Å². The van der Waals surface area contributed by atoms with Gasteiger partial charge in [-0.1, -0.05) is 6.07 Å². The summed E-state index contributed by atoms with van der Waals surface area (Å²) < 4.78 is 0. The predicted molar refractivity (Wildman–Crippen MR) is 94.0 cm³/mol. The summed E-state index contributed by atoms with van der Waals surface area (Å²) in [4.78, 5) is 6.78. The molecule has 0 bridgehead atoms. The van der Waals surface area contributed by atoms with Crippen LogP contribution in [0.2, 0.25) is 0 Å². The molecule has 0 fully saturated rings. The molecular formula is C17H27N5. The van der Waals surface area contributed by atoms with Gasteiger partial charge in [-0.25, -0.2) is 4.99 Å². The second-order valence-electron chi connectivity index (χ2n) is 6.26. The fourth-order valence-corrected chi connectivity index (χ4v) is 2.38. The van der Waals surface area contributed by atoms with E-state index in [1.54, 1.807) is 0 Å². The molecule has 0 saturated carbocycles. The van der Waals surface area contributed by atoms with Crippen LogP contribution in [0.5, 0.6) is 0 Å². The van der Waals surface area contributed by atoms with Crippen LogP contribution in [0, 0.1) is 13.8 Å². The number of guanidine groups is 1. The summed E-state index contributed by atoms with van der Waals surface area (Å²) in [5.41, 5.74) is 9.28. The molecule has 1 heterocycles. The maximum Gasteiger partial charge on any atom is 0.202 e. The molecule has 1 aliphatic heterocycles. The quantitative estimate of drug-likeness (QED) is 0.780. The summed E-state index contributed by atoms with van der Waals surface area (Å²) in [5.74, 6) is 0.693. The van der Waals surface area contributed by atoms with Crippen molar-refractivity contribution in [1.29, 1.82) is 0 Å². The van der Waals surface area contributed by atoms with Crippen molar-refractivity contribution < 1.29 is 0 Å². The molecule has 120 valence electrons. The van der Waals surface area contributed by atoms with E-state index in [4.69, 9.17) is 5.73 Å². The van der Waals surface area contributed by atoms with E-state index in [1.807, 2.05) is 12.3 Å². The molecule has 1 aromatic carbocycles. The topological polar surface area (TPSA) is 65.7 Å². The van der Waals surface area contributed by atoms with Crippen LogP contribution in [-0.4, -0.2) is 37.2 Å². The maximum absolute atomic E-state index is 6.37. The Morgan fingerprint density at radius 2 is 2.05 bits per heavy atom. The Labute approximate surface area is 133 Å². The Morgan fingerprint density at radius 3 is 2.73 bits per heavy atom. The normalized spacial score (nSPS) is 20.7. The number of aryl methyl sites for hydroxylation is 2. The monoisotopic (exact) mass is 301 g/mol. The van der Waals surface area contributed by atoms with Crippen LogP contribution in [-0.2, 0) is 0 Å². The van der Waals surface area contributed by atoms with Gasteiger partial charge in [0.15, 0.2) is 0 Å². The van der Waals surface area contributed by atoms with E-state index in [0.29, 0.717) is 5.96 Å². The minimum absolute atomic E-state index is 0.636. The van der Waals surface area contributed by atoms with Crippen LogP contribution in [0.1, 0.15) is 24.0 Å². The smallest absolute Gasteiger partial charge is 0.202 e. The van der Waals surface area contributed by atoms with Crippen LogP contribution in [0.25, 0.3) is 0 Å². The van der Waals surface area contributed by atoms with Crippen molar-refractivity contribution in [2.75, 3.05) is 26.0 Å². The van der Waals surface area contributed by atoms with Crippen LogP contribution >= 0.6 is 0 Å². The third-order valence-electron chi connectivity index (χ3n) is 3.86. The van der Waals surface area contributed by atoms with Gasteiger partial charge in [-0.15, -0.1) is 0 Å². The first-order valence-corrected chi connectivity index (χ1v) is 7.70. The lowest BCUT2D eigenvalue weighted by Gasteiger charge is -2.27. The first-order valence-electron chi connectivity index (χ1n) is 7.70. The number of nitrogens with zero attached hydrogens (tertiary/aromatic N) is 2. The molecule has 1 aromatic rings. The van der Waals surface area contributed by atoms with Crippen molar-refractivity contribution in [2.45, 2.75) is 32.4 Å². The van der Waals surface area contributed by atoms with Gasteiger partial charge < -0.3 is 21.3 Å². The second-order valence-corrected chi connectivity index (χ2v) is 6.26. The molecule has 2 rings (SSSR count). The molecule has 1 aliphatic rings. The largest absolute Gasteiger partial charge is 0.333 e. The number of hydrogen-bond acceptors (Lipinski definition) is 5. The molecule has 22 heavy (non-hydrogen) atoms. The summed E-state index contributed by atoms with van der Waals surface area (Å²) >= 11 is 0. The SMILES string of the molecule is Cc1ccc(NC2=NC(N)(CCCN(C)C)C=CN2)cc1C. The van der Waals surface area contributed by atoms with Crippen molar-refractivity contribution >= 4 is 11.6 Å². The lowest BCUT2D eigenvalue weighted by atomic mass is 10.0. The third kappa shape index (κ3) is 4.58. The summed E-state index contributed by atoms with van der Waals surface area (Å²) in [5, 5.41) is 6.42. The van der Waals surface area contributed by atoms with E-state index in [0.717, 1.165) is 25.1 Å². The van der Waals surface area contributed by atoms with Gasteiger partial charge in [0.2, 0.25) is 5.96 Å². The Bertz CT molecular complexity index is 576. The highest BCUT2D eigenvalue weighted by Gasteiger charge is 2.23. The van der Waals surface area contributed by atoms with Gasteiger partial charge in [0.25, 0.3) is 0 Å². The van der Waals surface area contributed by atoms with Crippen LogP contribution in [0.3, 0.4) is 0 Å². The zero-order valence-corrected chi connectivity index (χ0v) is 14.0. The Balaban J connectivity index is 2.02. The molecule has 0 radical (unpaired) electrons. The molecule has 5 nitrogen and oxygen atoms in total. The van der Waals surface area contributed by atoms with E-state index in [2.05, 4.69) is 66.7 Å². The Kier molecular flexibility index (Phi) is 5.21. The molecule has 0 amide bonds. The fourth-order valence-electron chi connectivity index (χ4n) is 2.38. The second kappa shape index (κ2) is 6.94. The molecule has 0 aromatic heterocycles. The highest BCUT2D eigenvalue weighted by molar-refractivity contribution is 5.95. The molecule has 0 saturated heterocycles. The van der Waals surface area contributed by atoms with E-state index >= 15 is 0 Å². The molecular weight excluding hydrogens is 274 g/mol. The predicted octanol–water partition coefficient (Wildman–Crippen LogP) is 2.19. The van der Waals surface area contributed by atoms with Crippen molar-refractivity contribution in [3.8, 4) is 0 Å². The maximum atomic E-state index is 6.37. The van der Waals surface area contributed by atoms with Crippen LogP contribution in [0.4, 0.5) is 5.69 Å². The number of anilines is 1. The number of nitrogens with one attached hydrogen (secondary N) is 2. The molecule has 0 aliphatic carbocycles. The van der Waals surface area contributed by atoms with Gasteiger partial charge in [-0.3, -0.25) is 0 Å². The standard InChI is InChI=1S/C17H27N5/c1-13-6-7-15(12-14(13)2)20-16-19-10-9-17(18,21-16)8-5-11-22(3)4/h6-7,9-10,12H,5,8,11,18H2,1-4H3,(H2,19,20,21). The van der Waals surface area contributed by atoms with Gasteiger partial charge in [-0.05, 0) is 76.7 Å². The van der Waals surface area contributed by atoms with E-state index in [9.17, 15) is 0 Å². The van der Waals surface area contributed by atoms with Gasteiger partial charge in [-0.2, -0.15) is 0 Å². The third-order valence-corrected chi connectivity index (χ3v) is 3.86. The number of nitrogens with two attached hydrogens (primary N) is 1. The lowest BCUT2D eigenvalue weighted by molar-refractivity contribution is 0.367. The zero-order chi connectivity index (χ0) is 16.2. The van der Waals surface area contributed by atoms with E-state index < -0.39 is 5.66 Å². The Hall–Kier alpha value is -1.85. The van der Waals surface area contributed by atoms with Crippen molar-refractivity contribution in [1.82, 2.24) is 10.2 Å². The lowest BCUT2D eigenvalue weighted by Crippen LogP contribution is -2.44.